The Labute approximate surface area is 173 Å². The highest BCUT2D eigenvalue weighted by Crippen LogP contribution is 2.25. The van der Waals surface area contributed by atoms with Crippen molar-refractivity contribution in [2.45, 2.75) is 13.8 Å². The summed E-state index contributed by atoms with van der Waals surface area (Å²) in [5, 5.41) is 3.53. The van der Waals surface area contributed by atoms with Crippen LogP contribution in [0.3, 0.4) is 0 Å². The topological polar surface area (TPSA) is 76.7 Å². The molecule has 0 radical (unpaired) electrons. The average molecular weight is 399 g/mol. The average Bonchev–Trinajstić information content (AvgIpc) is 2.76. The Hall–Kier alpha value is -3.93. The molecule has 0 unspecified atom stereocenters. The van der Waals surface area contributed by atoms with E-state index in [9.17, 15) is 4.79 Å². The fourth-order valence-electron chi connectivity index (χ4n) is 3.06. The number of nitrogens with one attached hydrogen (secondary N) is 1. The van der Waals surface area contributed by atoms with Gasteiger partial charge in [0, 0.05) is 11.6 Å². The number of amides is 1. The van der Waals surface area contributed by atoms with Crippen molar-refractivity contribution in [1.29, 1.82) is 0 Å². The first kappa shape index (κ1) is 19.4. The van der Waals surface area contributed by atoms with E-state index >= 15 is 0 Å². The van der Waals surface area contributed by atoms with Crippen molar-refractivity contribution < 1.29 is 13.9 Å². The minimum atomic E-state index is -0.357. The molecule has 6 heteroatoms. The SMILES string of the molecule is COc1cccc2cc(C(=O)Nc3ccccn3)c(=Nc3ccc(C)c(C)c3)oc12. The van der Waals surface area contributed by atoms with E-state index in [0.717, 1.165) is 10.9 Å². The zero-order chi connectivity index (χ0) is 21.1. The molecule has 6 nitrogen and oxygen atoms in total. The number of methoxy groups -OCH3 is 1. The summed E-state index contributed by atoms with van der Waals surface area (Å²) in [6.45, 7) is 4.06. The largest absolute Gasteiger partial charge is 0.493 e. The van der Waals surface area contributed by atoms with Gasteiger partial charge >= 0.3 is 0 Å². The van der Waals surface area contributed by atoms with Crippen LogP contribution in [0.4, 0.5) is 11.5 Å². The number of nitrogens with zero attached hydrogens (tertiary/aromatic N) is 2. The first-order valence-corrected chi connectivity index (χ1v) is 9.50. The number of hydrogen-bond acceptors (Lipinski definition) is 5. The molecule has 0 spiro atoms. The monoisotopic (exact) mass is 399 g/mol. The maximum absolute atomic E-state index is 13.0. The number of para-hydroxylation sites is 1. The number of aromatic nitrogens is 1. The lowest BCUT2D eigenvalue weighted by Crippen LogP contribution is -2.22. The van der Waals surface area contributed by atoms with Crippen molar-refractivity contribution in [2.75, 3.05) is 12.4 Å². The van der Waals surface area contributed by atoms with Crippen LogP contribution in [0.5, 0.6) is 5.75 Å². The van der Waals surface area contributed by atoms with Gasteiger partial charge in [-0.2, -0.15) is 0 Å². The minimum Gasteiger partial charge on any atom is -0.493 e. The van der Waals surface area contributed by atoms with Crippen LogP contribution in [0, 0.1) is 13.8 Å². The molecule has 0 bridgehead atoms. The molecule has 0 aliphatic carbocycles. The van der Waals surface area contributed by atoms with Gasteiger partial charge in [-0.3, -0.25) is 4.79 Å². The predicted molar refractivity (Wildman–Crippen MR) is 116 cm³/mol. The summed E-state index contributed by atoms with van der Waals surface area (Å²) in [4.78, 5) is 21.8. The standard InChI is InChI=1S/C24H21N3O3/c1-15-10-11-18(13-16(15)2)26-24-19(23(28)27-21-9-4-5-12-25-21)14-17-7-6-8-20(29-3)22(17)30-24/h4-14H,1-3H3,(H,25,27,28). The van der Waals surface area contributed by atoms with Crippen LogP contribution in [0.25, 0.3) is 11.0 Å². The molecule has 0 fully saturated rings. The third kappa shape index (κ3) is 3.93. The summed E-state index contributed by atoms with van der Waals surface area (Å²) in [5.41, 5.74) is 4.00. The molecular formula is C24H21N3O3. The number of benzene rings is 2. The molecule has 4 rings (SSSR count). The number of anilines is 1. The van der Waals surface area contributed by atoms with Crippen LogP contribution in [-0.4, -0.2) is 18.0 Å². The number of carbonyl (C=O) groups is 1. The molecule has 2 aromatic heterocycles. The van der Waals surface area contributed by atoms with Gasteiger partial charge in [-0.1, -0.05) is 24.3 Å². The fraction of sp³-hybridized carbons (Fsp3) is 0.125. The van der Waals surface area contributed by atoms with Gasteiger partial charge in [-0.15, -0.1) is 0 Å². The normalized spacial score (nSPS) is 11.5. The summed E-state index contributed by atoms with van der Waals surface area (Å²) in [7, 11) is 1.58. The lowest BCUT2D eigenvalue weighted by molar-refractivity contribution is 0.102. The van der Waals surface area contributed by atoms with E-state index < -0.39 is 0 Å². The minimum absolute atomic E-state index is 0.198. The molecule has 2 heterocycles. The van der Waals surface area contributed by atoms with E-state index in [2.05, 4.69) is 15.3 Å². The molecule has 0 aliphatic rings. The van der Waals surface area contributed by atoms with Crippen molar-refractivity contribution in [3.05, 3.63) is 89.1 Å². The van der Waals surface area contributed by atoms with Crippen LogP contribution in [0.2, 0.25) is 0 Å². The number of aryl methyl sites for hydroxylation is 2. The zero-order valence-electron chi connectivity index (χ0n) is 17.0. The van der Waals surface area contributed by atoms with E-state index in [4.69, 9.17) is 9.15 Å². The van der Waals surface area contributed by atoms with Crippen LogP contribution in [0.15, 0.2) is 76.3 Å². The molecule has 0 atom stereocenters. The van der Waals surface area contributed by atoms with E-state index in [1.807, 2.05) is 44.2 Å². The summed E-state index contributed by atoms with van der Waals surface area (Å²) in [6.07, 6.45) is 1.62. The number of hydrogen-bond donors (Lipinski definition) is 1. The van der Waals surface area contributed by atoms with Crippen molar-refractivity contribution in [3.8, 4) is 5.75 Å². The number of carbonyl (C=O) groups excluding carboxylic acids is 1. The van der Waals surface area contributed by atoms with Gasteiger partial charge in [0.2, 0.25) is 5.55 Å². The van der Waals surface area contributed by atoms with Gasteiger partial charge in [0.1, 0.15) is 11.4 Å². The molecule has 30 heavy (non-hydrogen) atoms. The van der Waals surface area contributed by atoms with Crippen LogP contribution in [0.1, 0.15) is 21.5 Å². The van der Waals surface area contributed by atoms with E-state index in [1.54, 1.807) is 43.6 Å². The molecular weight excluding hydrogens is 378 g/mol. The third-order valence-corrected chi connectivity index (χ3v) is 4.83. The Bertz CT molecular complexity index is 1290. The maximum atomic E-state index is 13.0. The molecule has 0 aliphatic heterocycles. The lowest BCUT2D eigenvalue weighted by atomic mass is 10.1. The van der Waals surface area contributed by atoms with Gasteiger partial charge in [-0.25, -0.2) is 9.98 Å². The van der Waals surface area contributed by atoms with E-state index in [1.165, 1.54) is 5.56 Å². The quantitative estimate of drug-likeness (QED) is 0.527. The molecule has 0 saturated carbocycles. The van der Waals surface area contributed by atoms with Crippen molar-refractivity contribution in [3.63, 3.8) is 0 Å². The van der Waals surface area contributed by atoms with Gasteiger partial charge in [-0.05, 0) is 61.4 Å². The first-order valence-electron chi connectivity index (χ1n) is 9.50. The Balaban J connectivity index is 1.90. The highest BCUT2D eigenvalue weighted by Gasteiger charge is 2.15. The van der Waals surface area contributed by atoms with Gasteiger partial charge in [0.15, 0.2) is 11.3 Å². The summed E-state index contributed by atoms with van der Waals surface area (Å²) in [5.74, 6) is 0.663. The fourth-order valence-corrected chi connectivity index (χ4v) is 3.06. The predicted octanol–water partition coefficient (Wildman–Crippen LogP) is 4.94. The number of fused-ring (bicyclic) bond motifs is 1. The Morgan fingerprint density at radius 1 is 1.03 bits per heavy atom. The van der Waals surface area contributed by atoms with Crippen LogP contribution in [-0.2, 0) is 0 Å². The smallest absolute Gasteiger partial charge is 0.262 e. The second kappa shape index (κ2) is 8.21. The maximum Gasteiger partial charge on any atom is 0.262 e. The number of pyridine rings is 1. The second-order valence-corrected chi connectivity index (χ2v) is 6.89. The lowest BCUT2D eigenvalue weighted by Gasteiger charge is -2.08. The molecule has 2 aromatic carbocycles. The highest BCUT2D eigenvalue weighted by molar-refractivity contribution is 6.05. The van der Waals surface area contributed by atoms with E-state index in [-0.39, 0.29) is 11.5 Å². The number of ether oxygens (including phenoxy) is 1. The summed E-state index contributed by atoms with van der Waals surface area (Å²) < 4.78 is 11.5. The molecule has 4 aromatic rings. The molecule has 0 saturated heterocycles. The van der Waals surface area contributed by atoms with Gasteiger partial charge in [0.25, 0.3) is 5.91 Å². The van der Waals surface area contributed by atoms with Gasteiger partial charge < -0.3 is 14.5 Å². The van der Waals surface area contributed by atoms with Crippen LogP contribution >= 0.6 is 0 Å². The van der Waals surface area contributed by atoms with Crippen molar-refractivity contribution in [2.24, 2.45) is 4.99 Å². The zero-order valence-corrected chi connectivity index (χ0v) is 17.0. The Morgan fingerprint density at radius 3 is 2.63 bits per heavy atom. The van der Waals surface area contributed by atoms with Crippen LogP contribution < -0.4 is 15.6 Å². The Kier molecular flexibility index (Phi) is 5.30. The molecule has 1 N–H and O–H groups in total. The Morgan fingerprint density at radius 2 is 1.90 bits per heavy atom. The summed E-state index contributed by atoms with van der Waals surface area (Å²) >= 11 is 0. The highest BCUT2D eigenvalue weighted by atomic mass is 16.5. The van der Waals surface area contributed by atoms with Gasteiger partial charge in [0.05, 0.1) is 12.8 Å². The van der Waals surface area contributed by atoms with Crippen molar-refractivity contribution >= 4 is 28.4 Å². The number of rotatable bonds is 4. The first-order chi connectivity index (χ1) is 14.5. The second-order valence-electron chi connectivity index (χ2n) is 6.89. The van der Waals surface area contributed by atoms with Crippen molar-refractivity contribution in [1.82, 2.24) is 4.98 Å². The van der Waals surface area contributed by atoms with E-state index in [0.29, 0.717) is 28.4 Å². The molecule has 150 valence electrons. The summed E-state index contributed by atoms with van der Waals surface area (Å²) in [6, 6.07) is 18.4. The third-order valence-electron chi connectivity index (χ3n) is 4.83. The molecule has 1 amide bonds.